The summed E-state index contributed by atoms with van der Waals surface area (Å²) in [5.41, 5.74) is 0.476. The lowest BCUT2D eigenvalue weighted by Gasteiger charge is -2.35. The number of rotatable bonds is 6. The zero-order chi connectivity index (χ0) is 19.4. The van der Waals surface area contributed by atoms with Gasteiger partial charge in [-0.1, -0.05) is 12.1 Å². The van der Waals surface area contributed by atoms with Gasteiger partial charge in [0.1, 0.15) is 5.82 Å². The second-order valence-corrected chi connectivity index (χ2v) is 7.51. The second-order valence-electron chi connectivity index (χ2n) is 6.40. The molecule has 0 bridgehead atoms. The summed E-state index contributed by atoms with van der Waals surface area (Å²) in [6.45, 7) is 2.22. The molecular formula is C18H21N3O5S. The Balaban J connectivity index is 1.50. The summed E-state index contributed by atoms with van der Waals surface area (Å²) in [6, 6.07) is 7.14. The first-order chi connectivity index (χ1) is 12.9. The monoisotopic (exact) mass is 391 g/mol. The maximum absolute atomic E-state index is 12.3. The fourth-order valence-electron chi connectivity index (χ4n) is 2.98. The highest BCUT2D eigenvalue weighted by Gasteiger charge is 2.32. The van der Waals surface area contributed by atoms with Crippen LogP contribution in [0.25, 0.3) is 10.9 Å². The van der Waals surface area contributed by atoms with Crippen molar-refractivity contribution in [3.63, 3.8) is 0 Å². The Kier molecular flexibility index (Phi) is 6.12. The highest BCUT2D eigenvalue weighted by atomic mass is 32.2. The largest absolute Gasteiger partial charge is 0.479 e. The van der Waals surface area contributed by atoms with Gasteiger partial charge in [-0.3, -0.25) is 9.59 Å². The molecular weight excluding hydrogens is 370 g/mol. The van der Waals surface area contributed by atoms with E-state index in [4.69, 9.17) is 9.84 Å². The molecule has 3 rings (SSSR count). The average Bonchev–Trinajstić information content (AvgIpc) is 2.64. The lowest BCUT2D eigenvalue weighted by molar-refractivity contribution is -0.166. The summed E-state index contributed by atoms with van der Waals surface area (Å²) in [4.78, 5) is 44.2. The van der Waals surface area contributed by atoms with Crippen LogP contribution in [-0.2, 0) is 20.1 Å². The molecule has 1 aliphatic rings. The predicted molar refractivity (Wildman–Crippen MR) is 102 cm³/mol. The van der Waals surface area contributed by atoms with Crippen LogP contribution in [0.3, 0.4) is 0 Å². The molecule has 1 aliphatic heterocycles. The van der Waals surface area contributed by atoms with Crippen LogP contribution in [0.1, 0.15) is 19.2 Å². The summed E-state index contributed by atoms with van der Waals surface area (Å²) in [7, 11) is 0. The molecule has 2 aromatic rings. The smallest absolute Gasteiger partial charge is 0.334 e. The Labute approximate surface area is 159 Å². The average molecular weight is 391 g/mol. The number of para-hydroxylation sites is 1. The van der Waals surface area contributed by atoms with Crippen molar-refractivity contribution < 1.29 is 19.4 Å². The molecule has 144 valence electrons. The Morgan fingerprint density at radius 3 is 2.93 bits per heavy atom. The number of hydrogen-bond donors (Lipinski definition) is 2. The van der Waals surface area contributed by atoms with Gasteiger partial charge in [0.25, 0.3) is 5.56 Å². The molecule has 2 heterocycles. The summed E-state index contributed by atoms with van der Waals surface area (Å²) in [6.07, 6.45) is -0.984. The van der Waals surface area contributed by atoms with Crippen molar-refractivity contribution in [2.45, 2.75) is 31.3 Å². The molecule has 0 radical (unpaired) electrons. The third-order valence-corrected chi connectivity index (χ3v) is 5.22. The zero-order valence-corrected chi connectivity index (χ0v) is 15.7. The van der Waals surface area contributed by atoms with E-state index in [1.165, 1.54) is 11.8 Å². The molecule has 0 aliphatic carbocycles. The van der Waals surface area contributed by atoms with Gasteiger partial charge in [-0.25, -0.2) is 9.78 Å². The molecule has 2 atom stereocenters. The van der Waals surface area contributed by atoms with E-state index in [0.29, 0.717) is 41.2 Å². The number of carboxylic acids is 1. The number of morpholine rings is 1. The van der Waals surface area contributed by atoms with E-state index in [1.54, 1.807) is 30.0 Å². The van der Waals surface area contributed by atoms with Crippen LogP contribution in [0.15, 0.2) is 29.1 Å². The Morgan fingerprint density at radius 2 is 2.15 bits per heavy atom. The summed E-state index contributed by atoms with van der Waals surface area (Å²) >= 11 is 1.50. The first kappa shape index (κ1) is 19.4. The first-order valence-electron chi connectivity index (χ1n) is 8.65. The highest BCUT2D eigenvalue weighted by Crippen LogP contribution is 2.16. The predicted octanol–water partition coefficient (Wildman–Crippen LogP) is 1.25. The number of hydrogen-bond acceptors (Lipinski definition) is 6. The number of carbonyl (C=O) groups is 2. The van der Waals surface area contributed by atoms with E-state index < -0.39 is 12.1 Å². The third kappa shape index (κ3) is 4.86. The van der Waals surface area contributed by atoms with Gasteiger partial charge in [0.2, 0.25) is 5.91 Å². The standard InChI is InChI=1S/C18H21N3O5S/c1-11-8-21(9-14(26-11)18(24)25)16(22)6-7-27-10-15-19-13-5-3-2-4-12(13)17(23)20-15/h2-5,11,14H,6-10H2,1H3,(H,24,25)(H,19,20,23)/t11-,14?/m1/s1. The van der Waals surface area contributed by atoms with E-state index in [0.717, 1.165) is 0 Å². The molecule has 9 heteroatoms. The molecule has 1 unspecified atom stereocenters. The molecule has 1 saturated heterocycles. The minimum absolute atomic E-state index is 0.0721. The number of H-pyrrole nitrogens is 1. The number of aliphatic carboxylic acids is 1. The molecule has 0 saturated carbocycles. The van der Waals surface area contributed by atoms with Crippen LogP contribution >= 0.6 is 11.8 Å². The van der Waals surface area contributed by atoms with Crippen molar-refractivity contribution >= 4 is 34.5 Å². The highest BCUT2D eigenvalue weighted by molar-refractivity contribution is 7.98. The van der Waals surface area contributed by atoms with Crippen LogP contribution in [0, 0.1) is 0 Å². The number of nitrogens with zero attached hydrogens (tertiary/aromatic N) is 2. The van der Waals surface area contributed by atoms with E-state index in [9.17, 15) is 14.4 Å². The fourth-order valence-corrected chi connectivity index (χ4v) is 3.77. The van der Waals surface area contributed by atoms with Crippen molar-refractivity contribution in [1.29, 1.82) is 0 Å². The lowest BCUT2D eigenvalue weighted by Crippen LogP contribution is -2.51. The topological polar surface area (TPSA) is 113 Å². The third-order valence-electron chi connectivity index (χ3n) is 4.25. The number of amides is 1. The Hall–Kier alpha value is -2.39. The van der Waals surface area contributed by atoms with Gasteiger partial charge in [-0.2, -0.15) is 11.8 Å². The molecule has 27 heavy (non-hydrogen) atoms. The summed E-state index contributed by atoms with van der Waals surface area (Å²) in [5, 5.41) is 9.64. The number of fused-ring (bicyclic) bond motifs is 1. The number of carboxylic acid groups (broad SMARTS) is 1. The quantitative estimate of drug-likeness (QED) is 0.713. The van der Waals surface area contributed by atoms with Gasteiger partial charge in [0, 0.05) is 18.7 Å². The number of benzene rings is 1. The lowest BCUT2D eigenvalue weighted by atomic mass is 10.2. The molecule has 1 fully saturated rings. The van der Waals surface area contributed by atoms with Crippen LogP contribution in [-0.4, -0.2) is 62.9 Å². The summed E-state index contributed by atoms with van der Waals surface area (Å²) in [5.74, 6) is 0.467. The zero-order valence-electron chi connectivity index (χ0n) is 14.9. The van der Waals surface area contributed by atoms with Crippen molar-refractivity contribution in [1.82, 2.24) is 14.9 Å². The van der Waals surface area contributed by atoms with Crippen LogP contribution in [0.5, 0.6) is 0 Å². The van der Waals surface area contributed by atoms with Gasteiger partial charge >= 0.3 is 5.97 Å². The SMILES string of the molecule is C[C@@H]1CN(C(=O)CCSCc2nc3ccccc3c(=O)[nH]2)CC(C(=O)O)O1. The van der Waals surface area contributed by atoms with E-state index >= 15 is 0 Å². The van der Waals surface area contributed by atoms with Crippen molar-refractivity contribution in [2.24, 2.45) is 0 Å². The first-order valence-corrected chi connectivity index (χ1v) is 9.81. The number of nitrogens with one attached hydrogen (secondary N) is 1. The molecule has 8 nitrogen and oxygen atoms in total. The molecule has 0 spiro atoms. The van der Waals surface area contributed by atoms with Gasteiger partial charge in [-0.15, -0.1) is 0 Å². The summed E-state index contributed by atoms with van der Waals surface area (Å²) < 4.78 is 5.32. The van der Waals surface area contributed by atoms with Crippen LogP contribution in [0.4, 0.5) is 0 Å². The number of ether oxygens (including phenoxy) is 1. The fraction of sp³-hybridized carbons (Fsp3) is 0.444. The molecule has 1 aromatic heterocycles. The molecule has 1 amide bonds. The second kappa shape index (κ2) is 8.53. The Bertz CT molecular complexity index is 900. The number of aromatic amines is 1. The van der Waals surface area contributed by atoms with E-state index in [2.05, 4.69) is 9.97 Å². The molecule has 1 aromatic carbocycles. The van der Waals surface area contributed by atoms with Crippen LogP contribution in [0.2, 0.25) is 0 Å². The number of thioether (sulfide) groups is 1. The maximum Gasteiger partial charge on any atom is 0.334 e. The minimum atomic E-state index is -1.06. The van der Waals surface area contributed by atoms with Gasteiger partial charge in [-0.05, 0) is 19.1 Å². The molecule has 2 N–H and O–H groups in total. The normalized spacial score (nSPS) is 20.0. The van der Waals surface area contributed by atoms with Crippen molar-refractivity contribution in [2.75, 3.05) is 18.8 Å². The van der Waals surface area contributed by atoms with Crippen molar-refractivity contribution in [3.05, 3.63) is 40.4 Å². The van der Waals surface area contributed by atoms with Gasteiger partial charge in [0.15, 0.2) is 6.10 Å². The van der Waals surface area contributed by atoms with Gasteiger partial charge in [0.05, 0.1) is 29.3 Å². The maximum atomic E-state index is 12.3. The van der Waals surface area contributed by atoms with E-state index in [-0.39, 0.29) is 24.1 Å². The number of aromatic nitrogens is 2. The number of carbonyl (C=O) groups excluding carboxylic acids is 1. The van der Waals surface area contributed by atoms with Crippen LogP contribution < -0.4 is 5.56 Å². The van der Waals surface area contributed by atoms with E-state index in [1.807, 2.05) is 6.07 Å². The van der Waals surface area contributed by atoms with Crippen molar-refractivity contribution in [3.8, 4) is 0 Å². The van der Waals surface area contributed by atoms with Gasteiger partial charge < -0.3 is 19.7 Å². The Morgan fingerprint density at radius 1 is 1.37 bits per heavy atom. The minimum Gasteiger partial charge on any atom is -0.479 e.